The number of aryl methyl sites for hydroxylation is 2. The van der Waals surface area contributed by atoms with Gasteiger partial charge in [0.2, 0.25) is 0 Å². The molecule has 1 aromatic carbocycles. The minimum Gasteiger partial charge on any atom is -0.316 e. The molecule has 1 rings (SSSR count). The Hall–Kier alpha value is -0.470. The van der Waals surface area contributed by atoms with Gasteiger partial charge in [0, 0.05) is 17.2 Å². The van der Waals surface area contributed by atoms with Crippen molar-refractivity contribution in [3.63, 3.8) is 0 Å². The van der Waals surface area contributed by atoms with Gasteiger partial charge >= 0.3 is 0 Å². The van der Waals surface area contributed by atoms with Gasteiger partial charge in [-0.3, -0.25) is 0 Å². The third kappa shape index (κ3) is 4.72. The third-order valence-electron chi connectivity index (χ3n) is 2.29. The topological polar surface area (TPSA) is 12.0 Å². The lowest BCUT2D eigenvalue weighted by Crippen LogP contribution is -2.17. The first-order chi connectivity index (χ1) is 7.24. The van der Waals surface area contributed by atoms with Crippen molar-refractivity contribution in [3.05, 3.63) is 29.3 Å². The van der Waals surface area contributed by atoms with E-state index in [1.165, 1.54) is 22.4 Å². The van der Waals surface area contributed by atoms with Crippen LogP contribution in [0, 0.1) is 13.8 Å². The lowest BCUT2D eigenvalue weighted by molar-refractivity contribution is 0.707. The fourth-order valence-electron chi connectivity index (χ4n) is 1.50. The molecule has 15 heavy (non-hydrogen) atoms. The van der Waals surface area contributed by atoms with E-state index in [2.05, 4.69) is 44.3 Å². The van der Waals surface area contributed by atoms with Gasteiger partial charge in [0.25, 0.3) is 0 Å². The summed E-state index contributed by atoms with van der Waals surface area (Å²) in [5, 5.41) is 3.42. The Morgan fingerprint density at radius 3 is 2.67 bits per heavy atom. The Morgan fingerprint density at radius 1 is 1.20 bits per heavy atom. The van der Waals surface area contributed by atoms with Gasteiger partial charge in [0.05, 0.1) is 0 Å². The van der Waals surface area contributed by atoms with Crippen LogP contribution in [0.2, 0.25) is 0 Å². The Bertz CT molecular complexity index is 297. The average Bonchev–Trinajstić information content (AvgIpc) is 2.20. The molecule has 0 saturated carbocycles. The van der Waals surface area contributed by atoms with Crippen LogP contribution in [0.3, 0.4) is 0 Å². The summed E-state index contributed by atoms with van der Waals surface area (Å²) >= 11 is 1.94. The van der Waals surface area contributed by atoms with Crippen molar-refractivity contribution in [1.29, 1.82) is 0 Å². The van der Waals surface area contributed by atoms with Crippen molar-refractivity contribution in [3.8, 4) is 0 Å². The molecule has 0 radical (unpaired) electrons. The highest BCUT2D eigenvalue weighted by Crippen LogP contribution is 2.22. The van der Waals surface area contributed by atoms with Crippen LogP contribution in [0.15, 0.2) is 23.1 Å². The molecule has 0 spiro atoms. The summed E-state index contributed by atoms with van der Waals surface area (Å²) in [6, 6.07) is 6.67. The largest absolute Gasteiger partial charge is 0.316 e. The van der Waals surface area contributed by atoms with Crippen LogP contribution >= 0.6 is 11.8 Å². The van der Waals surface area contributed by atoms with E-state index >= 15 is 0 Å². The molecule has 0 aliphatic rings. The zero-order valence-corrected chi connectivity index (χ0v) is 10.8. The molecule has 84 valence electrons. The molecular formula is C13H21NS. The van der Waals surface area contributed by atoms with E-state index in [1.807, 2.05) is 11.8 Å². The van der Waals surface area contributed by atoms with Crippen LogP contribution < -0.4 is 5.32 Å². The first kappa shape index (κ1) is 12.6. The van der Waals surface area contributed by atoms with Gasteiger partial charge < -0.3 is 5.32 Å². The van der Waals surface area contributed by atoms with E-state index in [4.69, 9.17) is 0 Å². The van der Waals surface area contributed by atoms with Crippen molar-refractivity contribution in [2.24, 2.45) is 0 Å². The standard InChI is InChI=1S/C13H21NS/c1-4-7-14-8-9-15-13-6-5-11(2)10-12(13)3/h5-6,10,14H,4,7-9H2,1-3H3. The van der Waals surface area contributed by atoms with Gasteiger partial charge in [-0.1, -0.05) is 24.6 Å². The van der Waals surface area contributed by atoms with Crippen molar-refractivity contribution in [2.45, 2.75) is 32.1 Å². The molecule has 0 amide bonds. The van der Waals surface area contributed by atoms with Crippen LogP contribution in [0.1, 0.15) is 24.5 Å². The molecule has 1 aromatic rings. The van der Waals surface area contributed by atoms with Gasteiger partial charge in [0.1, 0.15) is 0 Å². The fraction of sp³-hybridized carbons (Fsp3) is 0.538. The molecule has 0 aromatic heterocycles. The summed E-state index contributed by atoms with van der Waals surface area (Å²) in [5.74, 6) is 1.16. The van der Waals surface area contributed by atoms with E-state index in [0.717, 1.165) is 18.8 Å². The molecule has 1 nitrogen and oxygen atoms in total. The molecular weight excluding hydrogens is 202 g/mol. The second-order valence-corrected chi connectivity index (χ2v) is 5.00. The van der Waals surface area contributed by atoms with Crippen molar-refractivity contribution in [2.75, 3.05) is 18.8 Å². The minimum atomic E-state index is 1.10. The predicted molar refractivity (Wildman–Crippen MR) is 69.8 cm³/mol. The summed E-state index contributed by atoms with van der Waals surface area (Å²) < 4.78 is 0. The maximum Gasteiger partial charge on any atom is 0.0106 e. The third-order valence-corrected chi connectivity index (χ3v) is 3.47. The van der Waals surface area contributed by atoms with Crippen LogP contribution in [0.5, 0.6) is 0 Å². The highest BCUT2D eigenvalue weighted by molar-refractivity contribution is 7.99. The smallest absolute Gasteiger partial charge is 0.0106 e. The monoisotopic (exact) mass is 223 g/mol. The Balaban J connectivity index is 2.31. The molecule has 0 bridgehead atoms. The molecule has 1 N–H and O–H groups in total. The Kier molecular flexibility index (Phi) is 5.81. The lowest BCUT2D eigenvalue weighted by Gasteiger charge is -2.07. The average molecular weight is 223 g/mol. The Morgan fingerprint density at radius 2 is 2.00 bits per heavy atom. The number of rotatable bonds is 6. The summed E-state index contributed by atoms with van der Waals surface area (Å²) in [7, 11) is 0. The quantitative estimate of drug-likeness (QED) is 0.586. The molecule has 0 atom stereocenters. The SMILES string of the molecule is CCCNCCSc1ccc(C)cc1C. The molecule has 0 saturated heterocycles. The van der Waals surface area contributed by atoms with Crippen LogP contribution in [0.25, 0.3) is 0 Å². The number of benzene rings is 1. The van der Waals surface area contributed by atoms with Crippen molar-refractivity contribution < 1.29 is 0 Å². The summed E-state index contributed by atoms with van der Waals surface area (Å²) in [6.45, 7) is 8.77. The van der Waals surface area contributed by atoms with Gasteiger partial charge in [-0.15, -0.1) is 11.8 Å². The summed E-state index contributed by atoms with van der Waals surface area (Å²) in [4.78, 5) is 1.42. The van der Waals surface area contributed by atoms with Gasteiger partial charge in [-0.05, 0) is 38.4 Å². The van der Waals surface area contributed by atoms with Crippen molar-refractivity contribution in [1.82, 2.24) is 5.32 Å². The normalized spacial score (nSPS) is 10.6. The molecule has 0 fully saturated rings. The number of thioether (sulfide) groups is 1. The zero-order valence-electron chi connectivity index (χ0n) is 9.97. The summed E-state index contributed by atoms with van der Waals surface area (Å²) in [5.41, 5.74) is 2.75. The highest BCUT2D eigenvalue weighted by Gasteiger charge is 1.98. The van der Waals surface area contributed by atoms with Gasteiger partial charge in [0.15, 0.2) is 0 Å². The van der Waals surface area contributed by atoms with E-state index in [-0.39, 0.29) is 0 Å². The molecule has 0 aliphatic heterocycles. The minimum absolute atomic E-state index is 1.10. The van der Waals surface area contributed by atoms with Gasteiger partial charge in [-0.2, -0.15) is 0 Å². The number of hydrogen-bond acceptors (Lipinski definition) is 2. The van der Waals surface area contributed by atoms with E-state index in [1.54, 1.807) is 0 Å². The fourth-order valence-corrected chi connectivity index (χ4v) is 2.41. The predicted octanol–water partition coefficient (Wildman–Crippen LogP) is 3.40. The maximum absolute atomic E-state index is 3.42. The van der Waals surface area contributed by atoms with Crippen LogP contribution in [-0.4, -0.2) is 18.8 Å². The van der Waals surface area contributed by atoms with Crippen LogP contribution in [-0.2, 0) is 0 Å². The maximum atomic E-state index is 3.42. The molecule has 0 unspecified atom stereocenters. The Labute approximate surface area is 97.7 Å². The summed E-state index contributed by atoms with van der Waals surface area (Å²) in [6.07, 6.45) is 1.22. The van der Waals surface area contributed by atoms with E-state index in [0.29, 0.717) is 0 Å². The first-order valence-electron chi connectivity index (χ1n) is 5.65. The molecule has 0 heterocycles. The second-order valence-electron chi connectivity index (χ2n) is 3.87. The highest BCUT2D eigenvalue weighted by atomic mass is 32.2. The van der Waals surface area contributed by atoms with Gasteiger partial charge in [-0.25, -0.2) is 0 Å². The van der Waals surface area contributed by atoms with Crippen LogP contribution in [0.4, 0.5) is 0 Å². The molecule has 2 heteroatoms. The number of hydrogen-bond donors (Lipinski definition) is 1. The van der Waals surface area contributed by atoms with E-state index < -0.39 is 0 Å². The van der Waals surface area contributed by atoms with Crippen molar-refractivity contribution >= 4 is 11.8 Å². The number of nitrogens with one attached hydrogen (secondary N) is 1. The molecule has 0 aliphatic carbocycles. The lowest BCUT2D eigenvalue weighted by atomic mass is 10.2. The first-order valence-corrected chi connectivity index (χ1v) is 6.63. The second kappa shape index (κ2) is 6.91. The zero-order chi connectivity index (χ0) is 11.1. The van der Waals surface area contributed by atoms with E-state index in [9.17, 15) is 0 Å².